The summed E-state index contributed by atoms with van der Waals surface area (Å²) in [7, 11) is 0. The van der Waals surface area contributed by atoms with E-state index in [2.05, 4.69) is 20.2 Å². The fourth-order valence-corrected chi connectivity index (χ4v) is 4.12. The number of fused-ring (bicyclic) bond motifs is 2. The van der Waals surface area contributed by atoms with E-state index in [-0.39, 0.29) is 23.2 Å². The largest absolute Gasteiger partial charge is 0.379 e. The highest BCUT2D eigenvalue weighted by Crippen LogP contribution is 2.11. The minimum absolute atomic E-state index is 0.0247. The third-order valence-electron chi connectivity index (χ3n) is 5.98. The zero-order chi connectivity index (χ0) is 23.5. The van der Waals surface area contributed by atoms with Gasteiger partial charge in [0.15, 0.2) is 0 Å². The molecular weight excluding hydrogens is 434 g/mol. The predicted octanol–water partition coefficient (Wildman–Crippen LogP) is 0.786. The first kappa shape index (κ1) is 21.9. The van der Waals surface area contributed by atoms with Crippen LogP contribution in [0.2, 0.25) is 0 Å². The zero-order valence-electron chi connectivity index (χ0n) is 18.6. The molecule has 0 radical (unpaired) electrons. The van der Waals surface area contributed by atoms with Crippen LogP contribution in [0, 0.1) is 5.41 Å². The normalized spacial score (nSPS) is 14.5. The highest BCUT2D eigenvalue weighted by atomic mass is 16.5. The Bertz CT molecular complexity index is 1460. The summed E-state index contributed by atoms with van der Waals surface area (Å²) >= 11 is 0. The third-order valence-corrected chi connectivity index (χ3v) is 5.98. The second-order valence-electron chi connectivity index (χ2n) is 8.14. The van der Waals surface area contributed by atoms with E-state index in [4.69, 9.17) is 10.1 Å². The number of rotatable bonds is 6. The molecule has 5 rings (SSSR count). The lowest BCUT2D eigenvalue weighted by Crippen LogP contribution is -2.41. The topological polar surface area (TPSA) is 118 Å². The summed E-state index contributed by atoms with van der Waals surface area (Å²) in [5.74, 6) is -0.423. The van der Waals surface area contributed by atoms with Gasteiger partial charge in [-0.1, -0.05) is 12.1 Å². The van der Waals surface area contributed by atoms with Crippen molar-refractivity contribution in [2.45, 2.75) is 13.1 Å². The minimum Gasteiger partial charge on any atom is -0.379 e. The lowest BCUT2D eigenvalue weighted by atomic mass is 10.2. The first-order chi connectivity index (χ1) is 16.6. The average Bonchev–Trinajstić information content (AvgIpc) is 2.88. The Kier molecular flexibility index (Phi) is 6.15. The van der Waals surface area contributed by atoms with Gasteiger partial charge in [-0.2, -0.15) is 0 Å². The summed E-state index contributed by atoms with van der Waals surface area (Å²) in [6, 6.07) is 10.5. The Morgan fingerprint density at radius 2 is 2.00 bits per heavy atom. The van der Waals surface area contributed by atoms with Crippen molar-refractivity contribution in [2.75, 3.05) is 32.8 Å². The molecule has 0 unspecified atom stereocenters. The number of morpholine rings is 1. The van der Waals surface area contributed by atoms with Crippen LogP contribution in [-0.2, 0) is 17.8 Å². The number of carbonyl (C=O) groups excluding carboxylic acids is 1. The van der Waals surface area contributed by atoms with Gasteiger partial charge < -0.3 is 14.6 Å². The van der Waals surface area contributed by atoms with Gasteiger partial charge in [0.1, 0.15) is 16.8 Å². The van der Waals surface area contributed by atoms with Gasteiger partial charge in [-0.05, 0) is 29.8 Å². The summed E-state index contributed by atoms with van der Waals surface area (Å²) in [5.41, 5.74) is 1.62. The van der Waals surface area contributed by atoms with E-state index in [9.17, 15) is 9.59 Å². The van der Waals surface area contributed by atoms with Gasteiger partial charge in [-0.3, -0.25) is 29.3 Å². The smallest absolute Gasteiger partial charge is 0.267 e. The Balaban J connectivity index is 1.57. The number of nitrogens with zero attached hydrogens (tertiary/aromatic N) is 5. The molecule has 34 heavy (non-hydrogen) atoms. The molecular formula is C24H25N7O3. The number of hydrogen-bond donors (Lipinski definition) is 2. The number of amides is 1. The molecule has 10 heteroatoms. The van der Waals surface area contributed by atoms with Crippen LogP contribution in [0.15, 0.2) is 59.8 Å². The Hall–Kier alpha value is -3.89. The van der Waals surface area contributed by atoms with Crippen LogP contribution in [-0.4, -0.2) is 62.6 Å². The molecule has 5 heterocycles. The van der Waals surface area contributed by atoms with Gasteiger partial charge in [0.2, 0.25) is 0 Å². The highest BCUT2D eigenvalue weighted by Gasteiger charge is 2.18. The Labute approximate surface area is 195 Å². The van der Waals surface area contributed by atoms with Gasteiger partial charge in [0.25, 0.3) is 11.5 Å². The van der Waals surface area contributed by atoms with Gasteiger partial charge in [0.05, 0.1) is 24.2 Å². The maximum Gasteiger partial charge on any atom is 0.267 e. The molecule has 0 atom stereocenters. The van der Waals surface area contributed by atoms with E-state index in [1.54, 1.807) is 41.4 Å². The molecule has 0 aromatic carbocycles. The molecule has 0 aliphatic carbocycles. The van der Waals surface area contributed by atoms with Crippen LogP contribution in [0.1, 0.15) is 15.9 Å². The van der Waals surface area contributed by atoms with Crippen LogP contribution < -0.4 is 16.4 Å². The summed E-state index contributed by atoms with van der Waals surface area (Å²) in [6.45, 7) is 4.29. The standard InChI is InChI=1S/C24H25N7O3/c25-21-18(23(32)27-16-17-4-3-6-26-15-17)14-19-22(28-20-5-1-2-7-30(20)24(19)33)31(21)9-8-29-10-12-34-13-11-29/h1-7,14-15,25H,8-13,16H2,(H,27,32). The van der Waals surface area contributed by atoms with Gasteiger partial charge in [-0.15, -0.1) is 0 Å². The van der Waals surface area contributed by atoms with Gasteiger partial charge in [-0.25, -0.2) is 4.98 Å². The lowest BCUT2D eigenvalue weighted by molar-refractivity contribution is 0.0363. The summed E-state index contributed by atoms with van der Waals surface area (Å²) in [4.78, 5) is 37.4. The van der Waals surface area contributed by atoms with Crippen molar-refractivity contribution in [1.29, 1.82) is 5.41 Å². The molecule has 0 saturated carbocycles. The molecule has 4 aromatic heterocycles. The molecule has 0 bridgehead atoms. The second kappa shape index (κ2) is 9.54. The molecule has 174 valence electrons. The van der Waals surface area contributed by atoms with Crippen molar-refractivity contribution in [2.24, 2.45) is 0 Å². The number of carbonyl (C=O) groups is 1. The quantitative estimate of drug-likeness (QED) is 0.412. The molecule has 4 aromatic rings. The molecule has 10 nitrogen and oxygen atoms in total. The molecule has 1 aliphatic heterocycles. The monoisotopic (exact) mass is 459 g/mol. The van der Waals surface area contributed by atoms with E-state index in [0.717, 1.165) is 18.7 Å². The molecule has 0 spiro atoms. The molecule has 1 aliphatic rings. The summed E-state index contributed by atoms with van der Waals surface area (Å²) in [6.07, 6.45) is 4.99. The van der Waals surface area contributed by atoms with Crippen LogP contribution in [0.4, 0.5) is 0 Å². The van der Waals surface area contributed by atoms with Gasteiger partial charge in [0, 0.05) is 51.3 Å². The molecule has 1 amide bonds. The fourth-order valence-electron chi connectivity index (χ4n) is 4.12. The molecule has 2 N–H and O–H groups in total. The van der Waals surface area contributed by atoms with Crippen LogP contribution in [0.25, 0.3) is 16.7 Å². The van der Waals surface area contributed by atoms with Crippen molar-refractivity contribution < 1.29 is 9.53 Å². The molecule has 1 saturated heterocycles. The zero-order valence-corrected chi connectivity index (χ0v) is 18.6. The van der Waals surface area contributed by atoms with E-state index in [1.165, 1.54) is 10.5 Å². The first-order valence-electron chi connectivity index (χ1n) is 11.2. The van der Waals surface area contributed by atoms with Crippen LogP contribution in [0.3, 0.4) is 0 Å². The first-order valence-corrected chi connectivity index (χ1v) is 11.2. The Morgan fingerprint density at radius 3 is 2.79 bits per heavy atom. The van der Waals surface area contributed by atoms with Crippen molar-refractivity contribution in [3.8, 4) is 0 Å². The van der Waals surface area contributed by atoms with E-state index >= 15 is 0 Å². The number of pyridine rings is 3. The van der Waals surface area contributed by atoms with Crippen molar-refractivity contribution in [1.82, 2.24) is 29.2 Å². The minimum atomic E-state index is -0.423. The summed E-state index contributed by atoms with van der Waals surface area (Å²) < 4.78 is 8.54. The SMILES string of the molecule is N=c1c(C(=O)NCc2cccnc2)cc2c(=O)n3ccccc3nc2n1CCN1CCOCC1. The van der Waals surface area contributed by atoms with E-state index < -0.39 is 5.91 Å². The van der Waals surface area contributed by atoms with Crippen molar-refractivity contribution >= 4 is 22.6 Å². The Morgan fingerprint density at radius 1 is 1.15 bits per heavy atom. The number of ether oxygens (including phenoxy) is 1. The van der Waals surface area contributed by atoms with Crippen LogP contribution >= 0.6 is 0 Å². The van der Waals surface area contributed by atoms with Crippen molar-refractivity contribution in [3.05, 3.63) is 82.0 Å². The predicted molar refractivity (Wildman–Crippen MR) is 125 cm³/mol. The van der Waals surface area contributed by atoms with E-state index in [1.807, 2.05) is 12.1 Å². The maximum absolute atomic E-state index is 13.3. The highest BCUT2D eigenvalue weighted by molar-refractivity contribution is 5.96. The van der Waals surface area contributed by atoms with Gasteiger partial charge >= 0.3 is 0 Å². The fraction of sp³-hybridized carbons (Fsp3) is 0.292. The average molecular weight is 460 g/mol. The second-order valence-corrected chi connectivity index (χ2v) is 8.14. The summed E-state index contributed by atoms with van der Waals surface area (Å²) in [5, 5.41) is 12.0. The molecule has 1 fully saturated rings. The van der Waals surface area contributed by atoms with Crippen LogP contribution in [0.5, 0.6) is 0 Å². The van der Waals surface area contributed by atoms with E-state index in [0.29, 0.717) is 43.0 Å². The maximum atomic E-state index is 13.3. The van der Waals surface area contributed by atoms with Crippen molar-refractivity contribution in [3.63, 3.8) is 0 Å². The third kappa shape index (κ3) is 4.33. The number of hydrogen-bond acceptors (Lipinski definition) is 7. The lowest BCUT2D eigenvalue weighted by Gasteiger charge is -2.27. The number of aromatic nitrogens is 4. The number of nitrogens with one attached hydrogen (secondary N) is 2.